The SMILES string of the molecule is Cc1cccc(CN2CCN(C(=O)CCc3ccc(S(N)(=O)=O)cc3)CC2)c1. The summed E-state index contributed by atoms with van der Waals surface area (Å²) in [6.07, 6.45) is 1.01. The fourth-order valence-electron chi connectivity index (χ4n) is 3.48. The van der Waals surface area contributed by atoms with Gasteiger partial charge in [-0.1, -0.05) is 42.0 Å². The summed E-state index contributed by atoms with van der Waals surface area (Å²) >= 11 is 0. The van der Waals surface area contributed by atoms with Gasteiger partial charge in [-0.3, -0.25) is 9.69 Å². The Hall–Kier alpha value is -2.22. The van der Waals surface area contributed by atoms with Gasteiger partial charge in [0.15, 0.2) is 0 Å². The summed E-state index contributed by atoms with van der Waals surface area (Å²) in [6, 6.07) is 14.9. The lowest BCUT2D eigenvalue weighted by molar-refractivity contribution is -0.133. The van der Waals surface area contributed by atoms with Crippen LogP contribution in [-0.2, 0) is 27.8 Å². The van der Waals surface area contributed by atoms with Crippen molar-refractivity contribution in [3.05, 3.63) is 65.2 Å². The van der Waals surface area contributed by atoms with Crippen LogP contribution in [0.1, 0.15) is 23.1 Å². The highest BCUT2D eigenvalue weighted by atomic mass is 32.2. The van der Waals surface area contributed by atoms with Crippen LogP contribution in [0.2, 0.25) is 0 Å². The van der Waals surface area contributed by atoms with Crippen molar-refractivity contribution in [2.24, 2.45) is 5.14 Å². The highest BCUT2D eigenvalue weighted by Gasteiger charge is 2.21. The van der Waals surface area contributed by atoms with E-state index < -0.39 is 10.0 Å². The first kappa shape index (κ1) is 20.5. The van der Waals surface area contributed by atoms with E-state index in [0.29, 0.717) is 12.8 Å². The van der Waals surface area contributed by atoms with Gasteiger partial charge in [0.05, 0.1) is 4.90 Å². The summed E-state index contributed by atoms with van der Waals surface area (Å²) in [4.78, 5) is 16.9. The number of carbonyl (C=O) groups is 1. The Morgan fingerprint density at radius 1 is 1.00 bits per heavy atom. The van der Waals surface area contributed by atoms with E-state index in [1.807, 2.05) is 4.90 Å². The Balaban J connectivity index is 1.45. The van der Waals surface area contributed by atoms with E-state index in [1.165, 1.54) is 23.3 Å². The third kappa shape index (κ3) is 5.64. The van der Waals surface area contributed by atoms with Crippen molar-refractivity contribution in [2.45, 2.75) is 31.2 Å². The van der Waals surface area contributed by atoms with Gasteiger partial charge >= 0.3 is 0 Å². The van der Waals surface area contributed by atoms with E-state index >= 15 is 0 Å². The van der Waals surface area contributed by atoms with Crippen molar-refractivity contribution >= 4 is 15.9 Å². The molecular weight excluding hydrogens is 374 g/mol. The van der Waals surface area contributed by atoms with Crippen LogP contribution in [0, 0.1) is 6.92 Å². The molecule has 1 amide bonds. The lowest BCUT2D eigenvalue weighted by Gasteiger charge is -2.35. The highest BCUT2D eigenvalue weighted by Crippen LogP contribution is 2.13. The Morgan fingerprint density at radius 2 is 1.68 bits per heavy atom. The minimum Gasteiger partial charge on any atom is -0.340 e. The maximum atomic E-state index is 12.5. The minimum atomic E-state index is -3.68. The molecule has 0 spiro atoms. The Kier molecular flexibility index (Phi) is 6.49. The third-order valence-corrected chi connectivity index (χ3v) is 6.02. The average molecular weight is 402 g/mol. The topological polar surface area (TPSA) is 83.7 Å². The molecule has 2 N–H and O–H groups in total. The number of piperazine rings is 1. The van der Waals surface area contributed by atoms with Crippen molar-refractivity contribution in [1.29, 1.82) is 0 Å². The van der Waals surface area contributed by atoms with Crippen LogP contribution < -0.4 is 5.14 Å². The molecule has 0 saturated carbocycles. The van der Waals surface area contributed by atoms with E-state index in [2.05, 4.69) is 36.1 Å². The molecular formula is C21H27N3O3S. The van der Waals surface area contributed by atoms with Crippen molar-refractivity contribution in [2.75, 3.05) is 26.2 Å². The van der Waals surface area contributed by atoms with Crippen LogP contribution in [-0.4, -0.2) is 50.3 Å². The van der Waals surface area contributed by atoms with Gasteiger partial charge in [0.1, 0.15) is 0 Å². The number of nitrogens with two attached hydrogens (primary N) is 1. The van der Waals surface area contributed by atoms with Gasteiger partial charge in [0.2, 0.25) is 15.9 Å². The summed E-state index contributed by atoms with van der Waals surface area (Å²) in [7, 11) is -3.68. The summed E-state index contributed by atoms with van der Waals surface area (Å²) in [6.45, 7) is 6.26. The van der Waals surface area contributed by atoms with Crippen LogP contribution in [0.15, 0.2) is 53.4 Å². The van der Waals surface area contributed by atoms with Crippen molar-refractivity contribution in [1.82, 2.24) is 9.80 Å². The molecule has 2 aromatic carbocycles. The molecule has 0 radical (unpaired) electrons. The molecule has 1 fully saturated rings. The molecule has 28 heavy (non-hydrogen) atoms. The van der Waals surface area contributed by atoms with Crippen LogP contribution >= 0.6 is 0 Å². The molecule has 2 aromatic rings. The molecule has 0 unspecified atom stereocenters. The number of hydrogen-bond donors (Lipinski definition) is 1. The number of benzene rings is 2. The number of amides is 1. The zero-order chi connectivity index (χ0) is 20.1. The first-order valence-corrected chi connectivity index (χ1v) is 11.0. The van der Waals surface area contributed by atoms with Gasteiger partial charge in [0.25, 0.3) is 0 Å². The average Bonchev–Trinajstić information content (AvgIpc) is 2.66. The molecule has 0 aromatic heterocycles. The van der Waals surface area contributed by atoms with Crippen molar-refractivity contribution in [3.63, 3.8) is 0 Å². The molecule has 0 aliphatic carbocycles. The first-order chi connectivity index (χ1) is 13.3. The Morgan fingerprint density at radius 3 is 2.29 bits per heavy atom. The molecule has 0 atom stereocenters. The smallest absolute Gasteiger partial charge is 0.238 e. The highest BCUT2D eigenvalue weighted by molar-refractivity contribution is 7.89. The second-order valence-electron chi connectivity index (χ2n) is 7.33. The van der Waals surface area contributed by atoms with Gasteiger partial charge in [-0.15, -0.1) is 0 Å². The van der Waals surface area contributed by atoms with E-state index in [4.69, 9.17) is 5.14 Å². The summed E-state index contributed by atoms with van der Waals surface area (Å²) in [5.41, 5.74) is 3.50. The standard InChI is InChI=1S/C21H27N3O3S/c1-17-3-2-4-19(15-17)16-23-11-13-24(14-12-23)21(25)10-7-18-5-8-20(9-6-18)28(22,26)27/h2-6,8-9,15H,7,10-14,16H2,1H3,(H2,22,26,27). The van der Waals surface area contributed by atoms with E-state index in [1.54, 1.807) is 12.1 Å². The number of primary sulfonamides is 1. The van der Waals surface area contributed by atoms with Crippen LogP contribution in [0.25, 0.3) is 0 Å². The molecule has 1 aliphatic rings. The van der Waals surface area contributed by atoms with Gasteiger partial charge in [-0.2, -0.15) is 0 Å². The molecule has 0 bridgehead atoms. The van der Waals surface area contributed by atoms with Gasteiger partial charge in [-0.05, 0) is 36.6 Å². The number of carbonyl (C=O) groups excluding carboxylic acids is 1. The van der Waals surface area contributed by atoms with Gasteiger partial charge < -0.3 is 4.90 Å². The van der Waals surface area contributed by atoms with Crippen LogP contribution in [0.3, 0.4) is 0 Å². The summed E-state index contributed by atoms with van der Waals surface area (Å²) in [5.74, 6) is 0.144. The van der Waals surface area contributed by atoms with Gasteiger partial charge in [0, 0.05) is 39.1 Å². The molecule has 1 saturated heterocycles. The molecule has 3 rings (SSSR count). The number of sulfonamides is 1. The van der Waals surface area contributed by atoms with Gasteiger partial charge in [-0.25, -0.2) is 13.6 Å². The zero-order valence-corrected chi connectivity index (χ0v) is 17.0. The number of hydrogen-bond acceptors (Lipinski definition) is 4. The predicted octanol–water partition coefficient (Wildman–Crippen LogP) is 1.92. The molecule has 1 aliphatic heterocycles. The maximum absolute atomic E-state index is 12.5. The fraction of sp³-hybridized carbons (Fsp3) is 0.381. The Labute approximate surface area is 167 Å². The zero-order valence-electron chi connectivity index (χ0n) is 16.2. The minimum absolute atomic E-state index is 0.0901. The predicted molar refractivity (Wildman–Crippen MR) is 109 cm³/mol. The second kappa shape index (κ2) is 8.86. The monoisotopic (exact) mass is 401 g/mol. The number of rotatable bonds is 6. The normalized spacial score (nSPS) is 15.6. The number of nitrogens with zero attached hydrogens (tertiary/aromatic N) is 2. The van der Waals surface area contributed by atoms with Crippen LogP contribution in [0.4, 0.5) is 0 Å². The quantitative estimate of drug-likeness (QED) is 0.802. The molecule has 7 heteroatoms. The largest absolute Gasteiger partial charge is 0.340 e. The van der Waals surface area contributed by atoms with Crippen LogP contribution in [0.5, 0.6) is 0 Å². The first-order valence-electron chi connectivity index (χ1n) is 9.49. The number of aryl methyl sites for hydroxylation is 2. The lowest BCUT2D eigenvalue weighted by Crippen LogP contribution is -2.48. The summed E-state index contributed by atoms with van der Waals surface area (Å²) in [5, 5.41) is 5.10. The van der Waals surface area contributed by atoms with Crippen molar-refractivity contribution < 1.29 is 13.2 Å². The lowest BCUT2D eigenvalue weighted by atomic mass is 10.1. The maximum Gasteiger partial charge on any atom is 0.238 e. The second-order valence-corrected chi connectivity index (χ2v) is 8.90. The van der Waals surface area contributed by atoms with Crippen molar-refractivity contribution in [3.8, 4) is 0 Å². The van der Waals surface area contributed by atoms with E-state index in [9.17, 15) is 13.2 Å². The molecule has 1 heterocycles. The Bertz CT molecular complexity index is 918. The fourth-order valence-corrected chi connectivity index (χ4v) is 3.99. The van der Waals surface area contributed by atoms with E-state index in [-0.39, 0.29) is 10.8 Å². The summed E-state index contributed by atoms with van der Waals surface area (Å²) < 4.78 is 22.6. The third-order valence-electron chi connectivity index (χ3n) is 5.09. The molecule has 6 nitrogen and oxygen atoms in total. The molecule has 150 valence electrons. The van der Waals surface area contributed by atoms with E-state index in [0.717, 1.165) is 38.3 Å².